The van der Waals surface area contributed by atoms with Gasteiger partial charge in [-0.2, -0.15) is 13.2 Å². The van der Waals surface area contributed by atoms with Crippen LogP contribution in [0.1, 0.15) is 10.5 Å². The van der Waals surface area contributed by atoms with Crippen LogP contribution in [0, 0.1) is 0 Å². The summed E-state index contributed by atoms with van der Waals surface area (Å²) in [4.78, 5) is 15.4. The minimum atomic E-state index is -4.92. The molecule has 0 saturated carbocycles. The van der Waals surface area contributed by atoms with Gasteiger partial charge in [-0.05, 0) is 12.1 Å². The molecule has 0 aliphatic heterocycles. The average molecular weight is 331 g/mol. The van der Waals surface area contributed by atoms with Gasteiger partial charge in [0.15, 0.2) is 0 Å². The molecule has 23 heavy (non-hydrogen) atoms. The fourth-order valence-electron chi connectivity index (χ4n) is 2.64. The van der Waals surface area contributed by atoms with Crippen molar-refractivity contribution in [1.29, 1.82) is 0 Å². The molecule has 6 heteroatoms. The highest BCUT2D eigenvalue weighted by atomic mass is 32.1. The summed E-state index contributed by atoms with van der Waals surface area (Å²) < 4.78 is 39.7. The van der Waals surface area contributed by atoms with Crippen molar-refractivity contribution < 1.29 is 18.0 Å². The molecule has 0 saturated heterocycles. The van der Waals surface area contributed by atoms with Gasteiger partial charge in [0.2, 0.25) is 0 Å². The third-order valence-corrected chi connectivity index (χ3v) is 4.89. The zero-order valence-electron chi connectivity index (χ0n) is 11.5. The zero-order valence-corrected chi connectivity index (χ0v) is 12.3. The van der Waals surface area contributed by atoms with E-state index in [-0.39, 0.29) is 0 Å². The van der Waals surface area contributed by atoms with Crippen LogP contribution in [0.5, 0.6) is 0 Å². The van der Waals surface area contributed by atoms with E-state index >= 15 is 0 Å². The Morgan fingerprint density at radius 1 is 0.957 bits per heavy atom. The topological polar surface area (TPSA) is 30.0 Å². The number of benzene rings is 2. The monoisotopic (exact) mass is 331 g/mol. The quantitative estimate of drug-likeness (QED) is 0.440. The largest absolute Gasteiger partial charge is 0.456 e. The van der Waals surface area contributed by atoms with Crippen LogP contribution in [0.4, 0.5) is 13.2 Å². The molecule has 0 atom stereocenters. The number of pyridine rings is 1. The van der Waals surface area contributed by atoms with Crippen molar-refractivity contribution in [2.24, 2.45) is 0 Å². The smallest absolute Gasteiger partial charge is 0.282 e. The lowest BCUT2D eigenvalue weighted by molar-refractivity contribution is -0.0888. The van der Waals surface area contributed by atoms with Crippen LogP contribution in [0.15, 0.2) is 48.5 Å². The van der Waals surface area contributed by atoms with Crippen molar-refractivity contribution in [3.63, 3.8) is 0 Å². The van der Waals surface area contributed by atoms with Crippen molar-refractivity contribution in [2.75, 3.05) is 0 Å². The van der Waals surface area contributed by atoms with Gasteiger partial charge < -0.3 is 0 Å². The van der Waals surface area contributed by atoms with Crippen LogP contribution in [-0.2, 0) is 0 Å². The summed E-state index contributed by atoms with van der Waals surface area (Å²) in [7, 11) is 0. The Kier molecular flexibility index (Phi) is 2.93. The molecule has 4 rings (SSSR count). The molecule has 4 aromatic rings. The third kappa shape index (κ3) is 2.17. The number of hydrogen-bond acceptors (Lipinski definition) is 3. The lowest BCUT2D eigenvalue weighted by Gasteiger charge is -2.06. The minimum Gasteiger partial charge on any atom is -0.282 e. The Hall–Kier alpha value is -2.47. The number of halogens is 3. The van der Waals surface area contributed by atoms with Gasteiger partial charge in [0.1, 0.15) is 5.69 Å². The summed E-state index contributed by atoms with van der Waals surface area (Å²) in [5.74, 6) is -1.92. The van der Waals surface area contributed by atoms with E-state index in [0.29, 0.717) is 10.9 Å². The van der Waals surface area contributed by atoms with Crippen LogP contribution >= 0.6 is 11.3 Å². The van der Waals surface area contributed by atoms with Crippen LogP contribution in [0.25, 0.3) is 31.1 Å². The molecule has 114 valence electrons. The van der Waals surface area contributed by atoms with E-state index in [1.54, 1.807) is 0 Å². The molecule has 0 unspecified atom stereocenters. The van der Waals surface area contributed by atoms with E-state index in [4.69, 9.17) is 0 Å². The Balaban J connectivity index is 2.06. The SMILES string of the molecule is O=C(c1ccc2ccc3c4ccccc4sc3c2n1)C(F)(F)F. The van der Waals surface area contributed by atoms with Crippen LogP contribution in [0.2, 0.25) is 0 Å². The molecular formula is C17H8F3NOS. The highest BCUT2D eigenvalue weighted by Crippen LogP contribution is 2.37. The molecule has 0 N–H and O–H groups in total. The first-order valence-corrected chi connectivity index (χ1v) is 7.59. The molecular weight excluding hydrogens is 323 g/mol. The number of carbonyl (C=O) groups excluding carboxylic acids is 1. The summed E-state index contributed by atoms with van der Waals surface area (Å²) in [6, 6.07) is 14.1. The molecule has 2 aromatic carbocycles. The van der Waals surface area contributed by atoms with Gasteiger partial charge in [0, 0.05) is 20.9 Å². The van der Waals surface area contributed by atoms with Gasteiger partial charge in [-0.1, -0.05) is 36.4 Å². The Bertz CT molecular complexity index is 1080. The number of ketones is 1. The predicted molar refractivity (Wildman–Crippen MR) is 85.0 cm³/mol. The third-order valence-electron chi connectivity index (χ3n) is 3.70. The highest BCUT2D eigenvalue weighted by Gasteiger charge is 2.40. The van der Waals surface area contributed by atoms with Crippen molar-refractivity contribution in [3.05, 3.63) is 54.2 Å². The maximum absolute atomic E-state index is 12.6. The second kappa shape index (κ2) is 4.76. The van der Waals surface area contributed by atoms with Gasteiger partial charge in [-0.25, -0.2) is 4.98 Å². The van der Waals surface area contributed by atoms with E-state index in [1.807, 2.05) is 36.4 Å². The fourth-order valence-corrected chi connectivity index (χ4v) is 3.84. The molecule has 2 nitrogen and oxygen atoms in total. The highest BCUT2D eigenvalue weighted by molar-refractivity contribution is 7.26. The number of Topliss-reactive ketones (excluding diaryl/α,β-unsaturated/α-hetero) is 1. The minimum absolute atomic E-state index is 0.429. The maximum atomic E-state index is 12.6. The number of aromatic nitrogens is 1. The Morgan fingerprint density at radius 2 is 1.70 bits per heavy atom. The molecule has 0 bridgehead atoms. The summed E-state index contributed by atoms with van der Waals surface area (Å²) in [6.45, 7) is 0. The van der Waals surface area contributed by atoms with Gasteiger partial charge in [-0.3, -0.25) is 4.79 Å². The first kappa shape index (κ1) is 14.1. The summed E-state index contributed by atoms with van der Waals surface area (Å²) in [5, 5.41) is 2.67. The first-order valence-electron chi connectivity index (χ1n) is 6.78. The van der Waals surface area contributed by atoms with Crippen LogP contribution in [0.3, 0.4) is 0 Å². The Morgan fingerprint density at radius 3 is 2.48 bits per heavy atom. The van der Waals surface area contributed by atoms with E-state index in [9.17, 15) is 18.0 Å². The second-order valence-electron chi connectivity index (χ2n) is 5.14. The molecule has 0 aliphatic carbocycles. The van der Waals surface area contributed by atoms with Gasteiger partial charge in [0.25, 0.3) is 5.78 Å². The van der Waals surface area contributed by atoms with E-state index in [2.05, 4.69) is 4.98 Å². The van der Waals surface area contributed by atoms with E-state index < -0.39 is 17.7 Å². The number of rotatable bonds is 1. The second-order valence-corrected chi connectivity index (χ2v) is 6.19. The molecule has 0 spiro atoms. The molecule has 0 fully saturated rings. The van der Waals surface area contributed by atoms with Crippen LogP contribution in [-0.4, -0.2) is 16.9 Å². The van der Waals surface area contributed by atoms with Gasteiger partial charge >= 0.3 is 6.18 Å². The molecule has 2 heterocycles. The van der Waals surface area contributed by atoms with Gasteiger partial charge in [-0.15, -0.1) is 11.3 Å². The number of hydrogen-bond donors (Lipinski definition) is 0. The fraction of sp³-hybridized carbons (Fsp3) is 0.0588. The Labute approximate surface area is 132 Å². The van der Waals surface area contributed by atoms with Crippen molar-refractivity contribution >= 4 is 48.2 Å². The number of nitrogens with zero attached hydrogens (tertiary/aromatic N) is 1. The molecule has 2 aromatic heterocycles. The lowest BCUT2D eigenvalue weighted by Crippen LogP contribution is -2.23. The molecule has 0 aliphatic rings. The first-order chi connectivity index (χ1) is 10.9. The zero-order chi connectivity index (χ0) is 16.2. The maximum Gasteiger partial charge on any atom is 0.456 e. The van der Waals surface area contributed by atoms with E-state index in [1.165, 1.54) is 17.4 Å². The summed E-state index contributed by atoms with van der Waals surface area (Å²) >= 11 is 1.46. The van der Waals surface area contributed by atoms with Crippen molar-refractivity contribution in [2.45, 2.75) is 6.18 Å². The summed E-state index contributed by atoms with van der Waals surface area (Å²) in [6.07, 6.45) is -4.92. The van der Waals surface area contributed by atoms with Gasteiger partial charge in [0.05, 0.1) is 10.2 Å². The number of fused-ring (bicyclic) bond motifs is 5. The van der Waals surface area contributed by atoms with Crippen molar-refractivity contribution in [1.82, 2.24) is 4.98 Å². The normalized spacial score (nSPS) is 12.3. The summed E-state index contributed by atoms with van der Waals surface area (Å²) in [5.41, 5.74) is -0.145. The molecule has 0 radical (unpaired) electrons. The predicted octanol–water partition coefficient (Wildman–Crippen LogP) is 5.35. The lowest BCUT2D eigenvalue weighted by atomic mass is 10.1. The molecule has 0 amide bonds. The van der Waals surface area contributed by atoms with Crippen LogP contribution < -0.4 is 0 Å². The van der Waals surface area contributed by atoms with Crippen molar-refractivity contribution in [3.8, 4) is 0 Å². The number of thiophene rings is 1. The van der Waals surface area contributed by atoms with E-state index in [0.717, 1.165) is 26.2 Å². The standard InChI is InChI=1S/C17H8F3NOS/c18-17(19,20)16(22)12-8-6-9-5-7-11-10-3-1-2-4-13(10)23-15(11)14(9)21-12/h1-8H. The number of carbonyl (C=O) groups is 1. The number of alkyl halides is 3. The average Bonchev–Trinajstić information content (AvgIpc) is 2.92.